The minimum absolute atomic E-state index is 0.0457. The Labute approximate surface area is 98.5 Å². The molecule has 0 bridgehead atoms. The lowest BCUT2D eigenvalue weighted by molar-refractivity contribution is -0.142. The molecule has 0 aliphatic carbocycles. The Hall–Kier alpha value is -1.91. The molecule has 0 radical (unpaired) electrons. The number of alkyl halides is 1. The van der Waals surface area contributed by atoms with E-state index in [1.54, 1.807) is 12.1 Å². The highest BCUT2D eigenvalue weighted by Crippen LogP contribution is 2.04. The van der Waals surface area contributed by atoms with E-state index in [1.165, 1.54) is 0 Å². The fourth-order valence-electron chi connectivity index (χ4n) is 1.30. The van der Waals surface area contributed by atoms with Gasteiger partial charge in [-0.1, -0.05) is 29.8 Å². The number of carboxylic acid groups (broad SMARTS) is 1. The fraction of sp³-hybridized carbons (Fsp3) is 0.333. The molecule has 17 heavy (non-hydrogen) atoms. The Bertz CT molecular complexity index is 403. The first kappa shape index (κ1) is 13.2. The first-order chi connectivity index (χ1) is 8.02. The number of amides is 1. The van der Waals surface area contributed by atoms with Crippen LogP contribution in [0.5, 0.6) is 0 Å². The van der Waals surface area contributed by atoms with Crippen LogP contribution in [-0.2, 0) is 16.0 Å². The van der Waals surface area contributed by atoms with E-state index in [0.717, 1.165) is 11.1 Å². The van der Waals surface area contributed by atoms with Crippen molar-refractivity contribution >= 4 is 11.9 Å². The van der Waals surface area contributed by atoms with Crippen molar-refractivity contribution in [2.24, 2.45) is 0 Å². The second kappa shape index (κ2) is 5.98. The monoisotopic (exact) mass is 239 g/mol. The second-order valence-electron chi connectivity index (χ2n) is 3.78. The molecule has 92 valence electrons. The minimum Gasteiger partial charge on any atom is -0.480 e. The molecule has 0 aliphatic rings. The predicted molar refractivity (Wildman–Crippen MR) is 60.4 cm³/mol. The Morgan fingerprint density at radius 3 is 2.41 bits per heavy atom. The van der Waals surface area contributed by atoms with Crippen LogP contribution in [-0.4, -0.2) is 29.7 Å². The summed E-state index contributed by atoms with van der Waals surface area (Å²) in [5.74, 6) is -1.87. The van der Waals surface area contributed by atoms with E-state index in [-0.39, 0.29) is 6.42 Å². The van der Waals surface area contributed by atoms with Crippen LogP contribution in [0.1, 0.15) is 11.1 Å². The standard InChI is InChI=1S/C12H14FNO3/c1-8-2-4-9(5-3-8)6-11(15)14-10(7-13)12(16)17/h2-5,10H,6-7H2,1H3,(H,14,15)(H,16,17). The van der Waals surface area contributed by atoms with Gasteiger partial charge in [-0.05, 0) is 12.5 Å². The molecule has 0 fully saturated rings. The van der Waals surface area contributed by atoms with Gasteiger partial charge in [-0.25, -0.2) is 9.18 Å². The SMILES string of the molecule is Cc1ccc(CC(=O)NC(CF)C(=O)O)cc1. The van der Waals surface area contributed by atoms with Crippen molar-refractivity contribution < 1.29 is 19.1 Å². The average molecular weight is 239 g/mol. The zero-order valence-electron chi connectivity index (χ0n) is 9.44. The molecule has 0 aliphatic heterocycles. The Kier molecular flexibility index (Phi) is 4.63. The Morgan fingerprint density at radius 2 is 1.94 bits per heavy atom. The van der Waals surface area contributed by atoms with Crippen LogP contribution in [0, 0.1) is 6.92 Å². The Morgan fingerprint density at radius 1 is 1.35 bits per heavy atom. The Balaban J connectivity index is 2.54. The number of aliphatic carboxylic acids is 1. The van der Waals surface area contributed by atoms with Gasteiger partial charge in [-0.3, -0.25) is 4.79 Å². The highest BCUT2D eigenvalue weighted by Gasteiger charge is 2.19. The van der Waals surface area contributed by atoms with Crippen LogP contribution in [0.15, 0.2) is 24.3 Å². The van der Waals surface area contributed by atoms with Gasteiger partial charge in [0.25, 0.3) is 0 Å². The summed E-state index contributed by atoms with van der Waals surface area (Å²) in [5.41, 5.74) is 1.83. The van der Waals surface area contributed by atoms with E-state index >= 15 is 0 Å². The third-order valence-corrected chi connectivity index (χ3v) is 2.27. The lowest BCUT2D eigenvalue weighted by Gasteiger charge is -2.10. The third kappa shape index (κ3) is 4.22. The molecule has 1 unspecified atom stereocenters. The summed E-state index contributed by atoms with van der Waals surface area (Å²) in [6.45, 7) is 0.808. The van der Waals surface area contributed by atoms with Crippen LogP contribution in [0.4, 0.5) is 4.39 Å². The minimum atomic E-state index is -1.46. The summed E-state index contributed by atoms with van der Waals surface area (Å²) in [7, 11) is 0. The first-order valence-electron chi connectivity index (χ1n) is 5.16. The maximum Gasteiger partial charge on any atom is 0.328 e. The summed E-state index contributed by atoms with van der Waals surface area (Å²) >= 11 is 0. The number of nitrogens with one attached hydrogen (secondary N) is 1. The molecule has 5 heteroatoms. The highest BCUT2D eigenvalue weighted by atomic mass is 19.1. The number of carboxylic acids is 1. The number of hydrogen-bond donors (Lipinski definition) is 2. The number of carbonyl (C=O) groups excluding carboxylic acids is 1. The molecule has 1 rings (SSSR count). The molecular formula is C12H14FNO3. The number of rotatable bonds is 5. The normalized spacial score (nSPS) is 11.9. The van der Waals surface area contributed by atoms with Crippen molar-refractivity contribution in [3.63, 3.8) is 0 Å². The van der Waals surface area contributed by atoms with Gasteiger partial charge in [0.2, 0.25) is 5.91 Å². The maximum atomic E-state index is 12.3. The van der Waals surface area contributed by atoms with E-state index in [1.807, 2.05) is 19.1 Å². The lowest BCUT2D eigenvalue weighted by atomic mass is 10.1. The molecule has 0 saturated carbocycles. The van der Waals surface area contributed by atoms with Crippen molar-refractivity contribution in [1.82, 2.24) is 5.32 Å². The van der Waals surface area contributed by atoms with Crippen LogP contribution < -0.4 is 5.32 Å². The van der Waals surface area contributed by atoms with Gasteiger partial charge >= 0.3 is 5.97 Å². The average Bonchev–Trinajstić information content (AvgIpc) is 2.28. The van der Waals surface area contributed by atoms with Gasteiger partial charge in [0.05, 0.1) is 6.42 Å². The molecule has 0 spiro atoms. The third-order valence-electron chi connectivity index (χ3n) is 2.27. The molecule has 0 saturated heterocycles. The number of carbonyl (C=O) groups is 2. The van der Waals surface area contributed by atoms with Crippen molar-refractivity contribution in [2.75, 3.05) is 6.67 Å². The van der Waals surface area contributed by atoms with Gasteiger partial charge in [0.1, 0.15) is 6.67 Å². The largest absolute Gasteiger partial charge is 0.480 e. The topological polar surface area (TPSA) is 66.4 Å². The smallest absolute Gasteiger partial charge is 0.328 e. The van der Waals surface area contributed by atoms with Gasteiger partial charge in [0.15, 0.2) is 6.04 Å². The summed E-state index contributed by atoms with van der Waals surface area (Å²) in [6.07, 6.45) is 0.0457. The summed E-state index contributed by atoms with van der Waals surface area (Å²) in [4.78, 5) is 21.9. The number of aryl methyl sites for hydroxylation is 1. The predicted octanol–water partition coefficient (Wildman–Crippen LogP) is 1.08. The van der Waals surface area contributed by atoms with E-state index < -0.39 is 24.6 Å². The molecule has 1 amide bonds. The van der Waals surface area contributed by atoms with E-state index in [9.17, 15) is 14.0 Å². The fourth-order valence-corrected chi connectivity index (χ4v) is 1.30. The van der Waals surface area contributed by atoms with Crippen LogP contribution in [0.25, 0.3) is 0 Å². The molecule has 1 atom stereocenters. The summed E-state index contributed by atoms with van der Waals surface area (Å²) < 4.78 is 12.3. The van der Waals surface area contributed by atoms with Crippen LogP contribution in [0.2, 0.25) is 0 Å². The number of benzene rings is 1. The van der Waals surface area contributed by atoms with Crippen molar-refractivity contribution in [3.8, 4) is 0 Å². The van der Waals surface area contributed by atoms with Crippen LogP contribution >= 0.6 is 0 Å². The van der Waals surface area contributed by atoms with Crippen LogP contribution in [0.3, 0.4) is 0 Å². The first-order valence-corrected chi connectivity index (χ1v) is 5.16. The summed E-state index contributed by atoms with van der Waals surface area (Å²) in [5, 5.41) is 10.7. The van der Waals surface area contributed by atoms with Crippen molar-refractivity contribution in [2.45, 2.75) is 19.4 Å². The number of halogens is 1. The quantitative estimate of drug-likeness (QED) is 0.807. The molecule has 1 aromatic rings. The highest BCUT2D eigenvalue weighted by molar-refractivity contribution is 5.84. The summed E-state index contributed by atoms with van der Waals surface area (Å²) in [6, 6.07) is 5.80. The van der Waals surface area contributed by atoms with Crippen molar-refractivity contribution in [1.29, 1.82) is 0 Å². The van der Waals surface area contributed by atoms with E-state index in [2.05, 4.69) is 5.32 Å². The molecule has 0 heterocycles. The molecule has 2 N–H and O–H groups in total. The van der Waals surface area contributed by atoms with Crippen molar-refractivity contribution in [3.05, 3.63) is 35.4 Å². The molecule has 0 aromatic heterocycles. The van der Waals surface area contributed by atoms with E-state index in [4.69, 9.17) is 5.11 Å². The zero-order valence-corrected chi connectivity index (χ0v) is 9.44. The maximum absolute atomic E-state index is 12.3. The lowest BCUT2D eigenvalue weighted by Crippen LogP contribution is -2.43. The molecular weight excluding hydrogens is 225 g/mol. The van der Waals surface area contributed by atoms with Gasteiger partial charge in [0, 0.05) is 0 Å². The molecule has 4 nitrogen and oxygen atoms in total. The number of hydrogen-bond acceptors (Lipinski definition) is 2. The zero-order chi connectivity index (χ0) is 12.8. The van der Waals surface area contributed by atoms with Gasteiger partial charge in [-0.2, -0.15) is 0 Å². The van der Waals surface area contributed by atoms with E-state index in [0.29, 0.717) is 0 Å². The van der Waals surface area contributed by atoms with Gasteiger partial charge < -0.3 is 10.4 Å². The van der Waals surface area contributed by atoms with Gasteiger partial charge in [-0.15, -0.1) is 0 Å². The molecule has 1 aromatic carbocycles. The second-order valence-corrected chi connectivity index (χ2v) is 3.78.